The van der Waals surface area contributed by atoms with Crippen LogP contribution in [0.5, 0.6) is 5.75 Å². The van der Waals surface area contributed by atoms with E-state index in [1.54, 1.807) is 25.1 Å². The molecule has 0 saturated carbocycles. The van der Waals surface area contributed by atoms with E-state index >= 15 is 0 Å². The molecule has 0 fully saturated rings. The number of methoxy groups -OCH3 is 1. The highest BCUT2D eigenvalue weighted by molar-refractivity contribution is 7.90. The topological polar surface area (TPSA) is 87.2 Å². The first-order chi connectivity index (χ1) is 10.4. The number of aryl methyl sites for hydroxylation is 2. The summed E-state index contributed by atoms with van der Waals surface area (Å²) in [4.78, 5) is 4.07. The van der Waals surface area contributed by atoms with Crippen molar-refractivity contribution in [2.75, 3.05) is 7.11 Å². The molecular formula is C13H12ClN3O4S. The zero-order valence-electron chi connectivity index (χ0n) is 12.0. The molecule has 0 bridgehead atoms. The summed E-state index contributed by atoms with van der Waals surface area (Å²) >= 11 is 6.05. The minimum Gasteiger partial charge on any atom is -0.497 e. The van der Waals surface area contributed by atoms with Crippen LogP contribution in [0.4, 0.5) is 0 Å². The molecule has 0 atom stereocenters. The molecule has 22 heavy (non-hydrogen) atoms. The van der Waals surface area contributed by atoms with Crippen LogP contribution in [0.2, 0.25) is 5.28 Å². The molecule has 0 unspecified atom stereocenters. The van der Waals surface area contributed by atoms with Gasteiger partial charge in [0.05, 0.1) is 18.1 Å². The smallest absolute Gasteiger partial charge is 0.276 e. The Hall–Kier alpha value is -2.06. The molecule has 2 aromatic heterocycles. The monoisotopic (exact) mass is 341 g/mol. The largest absolute Gasteiger partial charge is 0.497 e. The molecule has 0 amide bonds. The minimum atomic E-state index is -3.97. The van der Waals surface area contributed by atoms with Crippen molar-refractivity contribution in [3.05, 3.63) is 34.9 Å². The van der Waals surface area contributed by atoms with Crippen LogP contribution in [0.1, 0.15) is 11.5 Å². The molecule has 0 aliphatic rings. The zero-order valence-corrected chi connectivity index (χ0v) is 13.6. The fourth-order valence-electron chi connectivity index (χ4n) is 2.30. The molecule has 0 aliphatic carbocycles. The maximum atomic E-state index is 12.9. The van der Waals surface area contributed by atoms with Crippen molar-refractivity contribution >= 4 is 32.7 Å². The van der Waals surface area contributed by atoms with Crippen molar-refractivity contribution in [1.82, 2.24) is 14.1 Å². The van der Waals surface area contributed by atoms with E-state index in [-0.39, 0.29) is 21.6 Å². The van der Waals surface area contributed by atoms with Gasteiger partial charge in [0.1, 0.15) is 11.4 Å². The van der Waals surface area contributed by atoms with Gasteiger partial charge in [-0.25, -0.2) is 17.4 Å². The molecule has 0 radical (unpaired) electrons. The van der Waals surface area contributed by atoms with Crippen LogP contribution in [-0.4, -0.2) is 29.6 Å². The molecule has 3 aromatic rings. The summed E-state index contributed by atoms with van der Waals surface area (Å²) in [5.74, 6) is 0.757. The predicted octanol–water partition coefficient (Wildman–Crippen LogP) is 2.54. The molecule has 0 aliphatic heterocycles. The summed E-state index contributed by atoms with van der Waals surface area (Å²) in [6.45, 7) is 3.09. The Morgan fingerprint density at radius 3 is 2.64 bits per heavy atom. The van der Waals surface area contributed by atoms with Crippen molar-refractivity contribution in [3.8, 4) is 5.75 Å². The number of rotatable bonds is 3. The predicted molar refractivity (Wildman–Crippen MR) is 79.9 cm³/mol. The summed E-state index contributed by atoms with van der Waals surface area (Å²) in [5.41, 5.74) is 1.04. The van der Waals surface area contributed by atoms with Crippen LogP contribution < -0.4 is 4.74 Å². The number of hydrogen-bond acceptors (Lipinski definition) is 6. The first kappa shape index (κ1) is 14.9. The maximum absolute atomic E-state index is 12.9. The number of ether oxygens (including phenoxy) is 1. The van der Waals surface area contributed by atoms with Gasteiger partial charge in [0, 0.05) is 6.07 Å². The Kier molecular flexibility index (Phi) is 3.37. The number of hydrogen-bond donors (Lipinski definition) is 0. The fraction of sp³-hybridized carbons (Fsp3) is 0.231. The highest BCUT2D eigenvalue weighted by atomic mass is 35.5. The lowest BCUT2D eigenvalue weighted by Gasteiger charge is -2.07. The Morgan fingerprint density at radius 1 is 1.32 bits per heavy atom. The van der Waals surface area contributed by atoms with Gasteiger partial charge in [0.25, 0.3) is 10.0 Å². The van der Waals surface area contributed by atoms with E-state index in [1.807, 2.05) is 0 Å². The van der Waals surface area contributed by atoms with Gasteiger partial charge in [-0.3, -0.25) is 0 Å². The van der Waals surface area contributed by atoms with Gasteiger partial charge >= 0.3 is 0 Å². The lowest BCUT2D eigenvalue weighted by molar-refractivity contribution is 0.390. The molecule has 0 spiro atoms. The minimum absolute atomic E-state index is 0.00971. The van der Waals surface area contributed by atoms with Gasteiger partial charge in [-0.05, 0) is 37.6 Å². The van der Waals surface area contributed by atoms with Crippen LogP contribution in [0.15, 0.2) is 27.6 Å². The van der Waals surface area contributed by atoms with Crippen LogP contribution in [0.25, 0.3) is 11.0 Å². The SMILES string of the molecule is COc1ccc2c(c1)nc(Cl)n2S(=O)(=O)c1c(C)noc1C. The summed E-state index contributed by atoms with van der Waals surface area (Å²) in [6.07, 6.45) is 0. The molecule has 7 nitrogen and oxygen atoms in total. The first-order valence-electron chi connectivity index (χ1n) is 6.26. The molecule has 1 aromatic carbocycles. The second kappa shape index (κ2) is 4.99. The van der Waals surface area contributed by atoms with Crippen molar-refractivity contribution in [3.63, 3.8) is 0 Å². The Morgan fingerprint density at radius 2 is 2.05 bits per heavy atom. The van der Waals surface area contributed by atoms with Crippen molar-refractivity contribution in [2.45, 2.75) is 18.7 Å². The maximum Gasteiger partial charge on any atom is 0.276 e. The standard InChI is InChI=1S/C13H12ClN3O4S/c1-7-12(8(2)21-16-7)22(18,19)17-11-5-4-9(20-3)6-10(11)15-13(17)14/h4-6H,1-3H3. The van der Waals surface area contributed by atoms with Gasteiger partial charge in [-0.15, -0.1) is 0 Å². The van der Waals surface area contributed by atoms with E-state index in [2.05, 4.69) is 10.1 Å². The second-order valence-electron chi connectivity index (χ2n) is 4.66. The first-order valence-corrected chi connectivity index (χ1v) is 8.08. The highest BCUT2D eigenvalue weighted by Gasteiger charge is 2.30. The van der Waals surface area contributed by atoms with E-state index in [0.717, 1.165) is 3.97 Å². The highest BCUT2D eigenvalue weighted by Crippen LogP contribution is 2.30. The van der Waals surface area contributed by atoms with E-state index in [1.165, 1.54) is 14.0 Å². The Bertz CT molecular complexity index is 955. The number of nitrogens with zero attached hydrogens (tertiary/aromatic N) is 3. The van der Waals surface area contributed by atoms with Gasteiger partial charge in [0.15, 0.2) is 10.7 Å². The average molecular weight is 342 g/mol. The third kappa shape index (κ3) is 2.06. The summed E-state index contributed by atoms with van der Waals surface area (Å²) in [5, 5.41) is 3.51. The number of fused-ring (bicyclic) bond motifs is 1. The quantitative estimate of drug-likeness (QED) is 0.727. The third-order valence-electron chi connectivity index (χ3n) is 3.25. The van der Waals surface area contributed by atoms with E-state index in [0.29, 0.717) is 16.8 Å². The molecule has 0 N–H and O–H groups in total. The second-order valence-corrected chi connectivity index (χ2v) is 6.72. The van der Waals surface area contributed by atoms with E-state index in [9.17, 15) is 8.42 Å². The molecule has 2 heterocycles. The van der Waals surface area contributed by atoms with Gasteiger partial charge in [-0.1, -0.05) is 5.16 Å². The summed E-state index contributed by atoms with van der Waals surface area (Å²) in [7, 11) is -2.45. The molecule has 0 saturated heterocycles. The number of benzene rings is 1. The molecule has 116 valence electrons. The van der Waals surface area contributed by atoms with Gasteiger partial charge < -0.3 is 9.26 Å². The van der Waals surface area contributed by atoms with Gasteiger partial charge in [0.2, 0.25) is 5.28 Å². The lowest BCUT2D eigenvalue weighted by atomic mass is 10.3. The number of imidazole rings is 1. The fourth-order valence-corrected chi connectivity index (χ4v) is 4.40. The van der Waals surface area contributed by atoms with E-state index in [4.69, 9.17) is 20.9 Å². The average Bonchev–Trinajstić information content (AvgIpc) is 2.97. The molecular weight excluding hydrogens is 330 g/mol. The van der Waals surface area contributed by atoms with Crippen LogP contribution in [0, 0.1) is 13.8 Å². The Labute approximate surface area is 131 Å². The number of aromatic nitrogens is 3. The van der Waals surface area contributed by atoms with Crippen LogP contribution in [0.3, 0.4) is 0 Å². The zero-order chi connectivity index (χ0) is 16.1. The lowest BCUT2D eigenvalue weighted by Crippen LogP contribution is -2.14. The van der Waals surface area contributed by atoms with Crippen LogP contribution in [-0.2, 0) is 10.0 Å². The molecule has 9 heteroatoms. The van der Waals surface area contributed by atoms with Crippen LogP contribution >= 0.6 is 11.6 Å². The summed E-state index contributed by atoms with van der Waals surface area (Å²) in [6, 6.07) is 4.84. The Balaban J connectivity index is 2.32. The van der Waals surface area contributed by atoms with Crippen molar-refractivity contribution in [1.29, 1.82) is 0 Å². The molecule has 3 rings (SSSR count). The third-order valence-corrected chi connectivity index (χ3v) is 5.55. The van der Waals surface area contributed by atoms with Crippen molar-refractivity contribution in [2.24, 2.45) is 0 Å². The van der Waals surface area contributed by atoms with Gasteiger partial charge in [-0.2, -0.15) is 0 Å². The number of halogens is 1. The summed E-state index contributed by atoms with van der Waals surface area (Å²) < 4.78 is 36.8. The van der Waals surface area contributed by atoms with E-state index < -0.39 is 10.0 Å². The van der Waals surface area contributed by atoms with Crippen molar-refractivity contribution < 1.29 is 17.7 Å². The normalized spacial score (nSPS) is 12.0.